The van der Waals surface area contributed by atoms with Crippen LogP contribution in [0.4, 0.5) is 10.5 Å². The molecule has 0 bridgehead atoms. The minimum Gasteiger partial charge on any atom is -0.478 e. The molecule has 0 unspecified atom stereocenters. The summed E-state index contributed by atoms with van der Waals surface area (Å²) in [5.41, 5.74) is 2.87. The minimum atomic E-state index is -1.05. The Morgan fingerprint density at radius 1 is 0.897 bits per heavy atom. The van der Waals surface area contributed by atoms with Gasteiger partial charge in [-0.2, -0.15) is 0 Å². The lowest BCUT2D eigenvalue weighted by molar-refractivity contribution is 0.0697. The highest BCUT2D eigenvalue weighted by Crippen LogP contribution is 2.27. The number of carbonyl (C=O) groups is 2. The van der Waals surface area contributed by atoms with Crippen LogP contribution in [0.3, 0.4) is 0 Å². The SMILES string of the molecule is O=C(O)c1cccc(N(S)C(=O)NCCC(c2ccccc2)c2ccccc2)c1. The largest absolute Gasteiger partial charge is 0.478 e. The zero-order valence-corrected chi connectivity index (χ0v) is 16.6. The first-order valence-electron chi connectivity index (χ1n) is 9.26. The van der Waals surface area contributed by atoms with E-state index in [1.54, 1.807) is 12.1 Å². The highest BCUT2D eigenvalue weighted by atomic mass is 32.1. The number of rotatable bonds is 7. The van der Waals surface area contributed by atoms with Crippen molar-refractivity contribution in [2.24, 2.45) is 0 Å². The van der Waals surface area contributed by atoms with Crippen LogP contribution in [0.2, 0.25) is 0 Å². The summed E-state index contributed by atoms with van der Waals surface area (Å²) in [6.45, 7) is 0.447. The van der Waals surface area contributed by atoms with E-state index in [4.69, 9.17) is 5.11 Å². The van der Waals surface area contributed by atoms with Crippen LogP contribution in [0.5, 0.6) is 0 Å². The fraction of sp³-hybridized carbons (Fsp3) is 0.130. The predicted molar refractivity (Wildman–Crippen MR) is 118 cm³/mol. The number of benzene rings is 3. The number of aromatic carboxylic acids is 1. The van der Waals surface area contributed by atoms with Crippen LogP contribution in [0, 0.1) is 0 Å². The smallest absolute Gasteiger partial charge is 0.335 e. The number of nitrogens with zero attached hydrogens (tertiary/aromatic N) is 1. The molecule has 0 aliphatic rings. The van der Waals surface area contributed by atoms with E-state index in [9.17, 15) is 9.59 Å². The minimum absolute atomic E-state index is 0.0996. The molecular weight excluding hydrogens is 384 g/mol. The molecule has 0 saturated heterocycles. The zero-order valence-electron chi connectivity index (χ0n) is 15.7. The average molecular weight is 407 g/mol. The Balaban J connectivity index is 1.65. The van der Waals surface area contributed by atoms with Gasteiger partial charge in [0, 0.05) is 12.5 Å². The number of anilines is 1. The van der Waals surface area contributed by atoms with E-state index >= 15 is 0 Å². The van der Waals surface area contributed by atoms with Gasteiger partial charge in [-0.25, -0.2) is 13.9 Å². The quantitative estimate of drug-likeness (QED) is 0.485. The topological polar surface area (TPSA) is 69.6 Å². The monoisotopic (exact) mass is 406 g/mol. The Hall–Kier alpha value is -3.25. The van der Waals surface area contributed by atoms with Gasteiger partial charge in [-0.3, -0.25) is 0 Å². The molecule has 6 heteroatoms. The molecule has 2 N–H and O–H groups in total. The van der Waals surface area contributed by atoms with E-state index < -0.39 is 12.0 Å². The van der Waals surface area contributed by atoms with Gasteiger partial charge in [0.05, 0.1) is 11.3 Å². The summed E-state index contributed by atoms with van der Waals surface area (Å²) in [6.07, 6.45) is 0.719. The first-order valence-corrected chi connectivity index (χ1v) is 9.66. The van der Waals surface area contributed by atoms with E-state index in [1.807, 2.05) is 36.4 Å². The molecule has 0 spiro atoms. The first-order chi connectivity index (χ1) is 14.1. The van der Waals surface area contributed by atoms with Crippen LogP contribution in [0.15, 0.2) is 84.9 Å². The number of thiol groups is 1. The Bertz CT molecular complexity index is 925. The molecule has 0 aliphatic carbocycles. The molecule has 0 atom stereocenters. The normalized spacial score (nSPS) is 10.6. The van der Waals surface area contributed by atoms with Crippen LogP contribution in [-0.4, -0.2) is 23.7 Å². The van der Waals surface area contributed by atoms with E-state index in [2.05, 4.69) is 42.4 Å². The molecule has 3 aromatic rings. The van der Waals surface area contributed by atoms with Crippen molar-refractivity contribution in [1.82, 2.24) is 5.32 Å². The molecule has 0 heterocycles. The molecule has 148 valence electrons. The van der Waals surface area contributed by atoms with Crippen molar-refractivity contribution >= 4 is 30.5 Å². The number of hydrogen-bond acceptors (Lipinski definition) is 3. The van der Waals surface area contributed by atoms with Gasteiger partial charge in [-0.15, -0.1) is 0 Å². The number of carbonyl (C=O) groups excluding carboxylic acids is 1. The molecule has 2 amide bonds. The number of nitrogens with one attached hydrogen (secondary N) is 1. The summed E-state index contributed by atoms with van der Waals surface area (Å²) in [5.74, 6) is -0.899. The molecule has 3 aromatic carbocycles. The maximum atomic E-state index is 12.5. The van der Waals surface area contributed by atoms with Crippen LogP contribution < -0.4 is 9.62 Å². The summed E-state index contributed by atoms with van der Waals surface area (Å²) >= 11 is 4.22. The molecule has 29 heavy (non-hydrogen) atoms. The van der Waals surface area contributed by atoms with Crippen LogP contribution in [0.1, 0.15) is 33.8 Å². The van der Waals surface area contributed by atoms with E-state index in [0.29, 0.717) is 12.2 Å². The van der Waals surface area contributed by atoms with Crippen LogP contribution in [0.25, 0.3) is 0 Å². The van der Waals surface area contributed by atoms with Crippen molar-refractivity contribution in [3.05, 3.63) is 102 Å². The third kappa shape index (κ3) is 5.39. The van der Waals surface area contributed by atoms with Crippen LogP contribution in [-0.2, 0) is 0 Å². The van der Waals surface area contributed by atoms with Crippen molar-refractivity contribution in [1.29, 1.82) is 0 Å². The van der Waals surface area contributed by atoms with Gasteiger partial charge < -0.3 is 10.4 Å². The third-order valence-electron chi connectivity index (χ3n) is 4.64. The maximum absolute atomic E-state index is 12.5. The number of carboxylic acid groups (broad SMARTS) is 1. The average Bonchev–Trinajstić information content (AvgIpc) is 2.77. The van der Waals surface area contributed by atoms with E-state index in [0.717, 1.165) is 10.7 Å². The number of hydrogen-bond donors (Lipinski definition) is 3. The molecule has 0 saturated carbocycles. The van der Waals surface area contributed by atoms with Gasteiger partial charge in [0.15, 0.2) is 0 Å². The lowest BCUT2D eigenvalue weighted by atomic mass is 9.88. The molecule has 0 aliphatic heterocycles. The molecule has 0 radical (unpaired) electrons. The molecule has 5 nitrogen and oxygen atoms in total. The van der Waals surface area contributed by atoms with Gasteiger partial charge >= 0.3 is 12.0 Å². The van der Waals surface area contributed by atoms with Crippen molar-refractivity contribution in [3.8, 4) is 0 Å². The van der Waals surface area contributed by atoms with Crippen molar-refractivity contribution in [2.45, 2.75) is 12.3 Å². The van der Waals surface area contributed by atoms with Crippen LogP contribution >= 0.6 is 12.8 Å². The highest BCUT2D eigenvalue weighted by Gasteiger charge is 2.17. The second-order valence-corrected chi connectivity index (χ2v) is 6.96. The summed E-state index contributed by atoms with van der Waals surface area (Å²) in [7, 11) is 0. The molecular formula is C23H22N2O3S. The molecule has 0 aromatic heterocycles. The van der Waals surface area contributed by atoms with Gasteiger partial charge in [-0.1, -0.05) is 79.5 Å². The summed E-state index contributed by atoms with van der Waals surface area (Å²) in [4.78, 5) is 23.6. The lowest BCUT2D eigenvalue weighted by Gasteiger charge is -2.20. The van der Waals surface area contributed by atoms with Crippen molar-refractivity contribution in [2.75, 3.05) is 10.8 Å². The number of urea groups is 1. The molecule has 0 fully saturated rings. The maximum Gasteiger partial charge on any atom is 0.335 e. The van der Waals surface area contributed by atoms with Crippen molar-refractivity contribution < 1.29 is 14.7 Å². The predicted octanol–water partition coefficient (Wildman–Crippen LogP) is 4.97. The fourth-order valence-corrected chi connectivity index (χ4v) is 3.38. The standard InChI is InChI=1S/C23H22N2O3S/c26-22(27)19-12-7-13-20(16-19)25(29)23(28)24-15-14-21(17-8-3-1-4-9-17)18-10-5-2-6-11-18/h1-13,16,21,29H,14-15H2,(H,24,28)(H,26,27). The number of amides is 2. The Morgan fingerprint density at radius 2 is 1.48 bits per heavy atom. The molecule has 3 rings (SSSR count). The third-order valence-corrected chi connectivity index (χ3v) is 5.06. The van der Waals surface area contributed by atoms with Crippen molar-refractivity contribution in [3.63, 3.8) is 0 Å². The second kappa shape index (κ2) is 9.80. The first kappa shape index (κ1) is 20.5. The van der Waals surface area contributed by atoms with E-state index in [1.165, 1.54) is 23.3 Å². The van der Waals surface area contributed by atoms with Gasteiger partial charge in [0.1, 0.15) is 0 Å². The summed E-state index contributed by atoms with van der Waals surface area (Å²) < 4.78 is 1.12. The highest BCUT2D eigenvalue weighted by molar-refractivity contribution is 7.82. The zero-order chi connectivity index (χ0) is 20.6. The van der Waals surface area contributed by atoms with E-state index in [-0.39, 0.29) is 11.5 Å². The lowest BCUT2D eigenvalue weighted by Crippen LogP contribution is -2.35. The summed E-state index contributed by atoms with van der Waals surface area (Å²) in [6, 6.07) is 26.0. The Labute approximate surface area is 175 Å². The fourth-order valence-electron chi connectivity index (χ4n) is 3.18. The van der Waals surface area contributed by atoms with Gasteiger partial charge in [-0.05, 0) is 35.7 Å². The summed E-state index contributed by atoms with van der Waals surface area (Å²) in [5, 5.41) is 12.0. The van der Waals surface area contributed by atoms with Gasteiger partial charge in [0.25, 0.3) is 0 Å². The Morgan fingerprint density at radius 3 is 2.03 bits per heavy atom. The number of carboxylic acids is 1. The van der Waals surface area contributed by atoms with Gasteiger partial charge in [0.2, 0.25) is 0 Å². The second-order valence-electron chi connectivity index (χ2n) is 6.56. The Kier molecular flexibility index (Phi) is 6.92.